The van der Waals surface area contributed by atoms with Crippen molar-refractivity contribution in [2.45, 2.75) is 29.1 Å². The number of benzene rings is 1. The first-order chi connectivity index (χ1) is 9.27. The number of rotatable bonds is 8. The molecule has 0 fully saturated rings. The van der Waals surface area contributed by atoms with Crippen LogP contribution >= 0.6 is 0 Å². The van der Waals surface area contributed by atoms with Crippen LogP contribution in [-0.2, 0) is 19.9 Å². The summed E-state index contributed by atoms with van der Waals surface area (Å²) in [4.78, 5) is 0.117. The highest BCUT2D eigenvalue weighted by Crippen LogP contribution is 2.14. The summed E-state index contributed by atoms with van der Waals surface area (Å²) in [5, 5.41) is 8.61. The fraction of sp³-hybridized carbons (Fsp3) is 0.500. The highest BCUT2D eigenvalue weighted by molar-refractivity contribution is 7.90. The second kappa shape index (κ2) is 7.16. The monoisotopic (exact) mass is 321 g/mol. The Morgan fingerprint density at radius 1 is 0.950 bits per heavy atom. The van der Waals surface area contributed by atoms with Crippen molar-refractivity contribution >= 4 is 19.9 Å². The van der Waals surface area contributed by atoms with E-state index in [0.717, 1.165) is 12.7 Å². The minimum absolute atomic E-state index is 0.0343. The highest BCUT2D eigenvalue weighted by atomic mass is 32.2. The van der Waals surface area contributed by atoms with Crippen molar-refractivity contribution in [3.05, 3.63) is 24.3 Å². The third-order valence-corrected chi connectivity index (χ3v) is 5.29. The maximum Gasteiger partial charge on any atom is 0.240 e. The zero-order valence-electron chi connectivity index (χ0n) is 11.2. The number of aliphatic hydroxyl groups is 1. The Morgan fingerprint density at radius 3 is 2.00 bits per heavy atom. The summed E-state index contributed by atoms with van der Waals surface area (Å²) in [6.45, 7) is 0.385. The zero-order chi connectivity index (χ0) is 15.2. The lowest BCUT2D eigenvalue weighted by molar-refractivity contribution is 0.283. The zero-order valence-corrected chi connectivity index (χ0v) is 12.9. The maximum absolute atomic E-state index is 11.9. The van der Waals surface area contributed by atoms with Gasteiger partial charge < -0.3 is 5.11 Å². The standard InChI is InChI=1S/C12H19NO5S2/c1-19(15,16)11-5-7-12(8-6-11)20(17,18)13-9-3-2-4-10-14/h5-8,13-14H,2-4,9-10H2,1H3. The van der Waals surface area contributed by atoms with Crippen molar-refractivity contribution in [3.63, 3.8) is 0 Å². The Morgan fingerprint density at radius 2 is 1.50 bits per heavy atom. The second-order valence-electron chi connectivity index (χ2n) is 4.43. The fourth-order valence-electron chi connectivity index (χ4n) is 1.57. The first-order valence-electron chi connectivity index (χ1n) is 6.18. The van der Waals surface area contributed by atoms with Crippen molar-refractivity contribution in [2.24, 2.45) is 0 Å². The quantitative estimate of drug-likeness (QED) is 0.680. The van der Waals surface area contributed by atoms with E-state index >= 15 is 0 Å². The molecule has 8 heteroatoms. The molecule has 2 N–H and O–H groups in total. The second-order valence-corrected chi connectivity index (χ2v) is 8.21. The molecule has 0 radical (unpaired) electrons. The van der Waals surface area contributed by atoms with Gasteiger partial charge in [-0.05, 0) is 43.5 Å². The number of sulfonamides is 1. The predicted octanol–water partition coefficient (Wildman–Crippen LogP) is 0.531. The summed E-state index contributed by atoms with van der Waals surface area (Å²) in [7, 11) is -6.95. The molecule has 0 saturated heterocycles. The number of sulfone groups is 1. The molecule has 0 atom stereocenters. The minimum atomic E-state index is -3.62. The summed E-state index contributed by atoms with van der Waals surface area (Å²) < 4.78 is 48.8. The summed E-state index contributed by atoms with van der Waals surface area (Å²) >= 11 is 0. The molecule has 0 aliphatic rings. The molecule has 0 unspecified atom stereocenters. The number of unbranched alkanes of at least 4 members (excludes halogenated alkanes) is 2. The van der Waals surface area contributed by atoms with Crippen LogP contribution in [0.5, 0.6) is 0 Å². The Labute approximate surface area is 119 Å². The summed E-state index contributed by atoms with van der Waals surface area (Å²) in [5.41, 5.74) is 0. The van der Waals surface area contributed by atoms with Crippen molar-refractivity contribution in [1.82, 2.24) is 4.72 Å². The third kappa shape index (κ3) is 5.20. The molecular formula is C12H19NO5S2. The van der Waals surface area contributed by atoms with Crippen LogP contribution < -0.4 is 4.72 Å². The van der Waals surface area contributed by atoms with Gasteiger partial charge in [0.05, 0.1) is 9.79 Å². The van der Waals surface area contributed by atoms with Crippen LogP contribution in [0, 0.1) is 0 Å². The Kier molecular flexibility index (Phi) is 6.12. The van der Waals surface area contributed by atoms with E-state index in [4.69, 9.17) is 5.11 Å². The molecule has 0 aromatic heterocycles. The topological polar surface area (TPSA) is 101 Å². The van der Waals surface area contributed by atoms with Crippen LogP contribution in [-0.4, -0.2) is 41.3 Å². The lowest BCUT2D eigenvalue weighted by Crippen LogP contribution is -2.24. The molecule has 1 rings (SSSR count). The lowest BCUT2D eigenvalue weighted by Gasteiger charge is -2.07. The van der Waals surface area contributed by atoms with Crippen LogP contribution in [0.25, 0.3) is 0 Å². The van der Waals surface area contributed by atoms with Crippen LogP contribution in [0.3, 0.4) is 0 Å². The van der Waals surface area contributed by atoms with Gasteiger partial charge in [0, 0.05) is 19.4 Å². The molecule has 0 heterocycles. The summed E-state index contributed by atoms with van der Waals surface area (Å²) in [5.74, 6) is 0. The fourth-order valence-corrected chi connectivity index (χ4v) is 3.27. The van der Waals surface area contributed by atoms with Gasteiger partial charge in [0.1, 0.15) is 0 Å². The molecule has 20 heavy (non-hydrogen) atoms. The largest absolute Gasteiger partial charge is 0.396 e. The smallest absolute Gasteiger partial charge is 0.240 e. The molecule has 0 spiro atoms. The van der Waals surface area contributed by atoms with Gasteiger partial charge >= 0.3 is 0 Å². The maximum atomic E-state index is 11.9. The van der Waals surface area contributed by atoms with Crippen LogP contribution in [0.1, 0.15) is 19.3 Å². The molecule has 0 aliphatic heterocycles. The van der Waals surface area contributed by atoms with Crippen LogP contribution in [0.15, 0.2) is 34.1 Å². The Balaban J connectivity index is 2.69. The van der Waals surface area contributed by atoms with Crippen molar-refractivity contribution in [2.75, 3.05) is 19.4 Å². The average Bonchev–Trinajstić information content (AvgIpc) is 2.37. The van der Waals surface area contributed by atoms with E-state index in [-0.39, 0.29) is 22.9 Å². The lowest BCUT2D eigenvalue weighted by atomic mass is 10.2. The average molecular weight is 321 g/mol. The van der Waals surface area contributed by atoms with Gasteiger partial charge in [0.15, 0.2) is 9.84 Å². The van der Waals surface area contributed by atoms with E-state index in [2.05, 4.69) is 4.72 Å². The normalized spacial score (nSPS) is 12.5. The van der Waals surface area contributed by atoms with Crippen molar-refractivity contribution in [3.8, 4) is 0 Å². The van der Waals surface area contributed by atoms with E-state index in [1.807, 2.05) is 0 Å². The molecule has 1 aromatic carbocycles. The molecule has 0 bridgehead atoms. The van der Waals surface area contributed by atoms with Gasteiger partial charge in [-0.3, -0.25) is 0 Å². The van der Waals surface area contributed by atoms with E-state index < -0.39 is 19.9 Å². The van der Waals surface area contributed by atoms with Crippen molar-refractivity contribution in [1.29, 1.82) is 0 Å². The van der Waals surface area contributed by atoms with Gasteiger partial charge in [-0.1, -0.05) is 0 Å². The first-order valence-corrected chi connectivity index (χ1v) is 9.55. The Hall–Kier alpha value is -0.960. The van der Waals surface area contributed by atoms with Gasteiger partial charge in [-0.25, -0.2) is 21.6 Å². The minimum Gasteiger partial charge on any atom is -0.396 e. The number of nitrogens with one attached hydrogen (secondary N) is 1. The van der Waals surface area contributed by atoms with Crippen molar-refractivity contribution < 1.29 is 21.9 Å². The molecule has 6 nitrogen and oxygen atoms in total. The number of hydrogen-bond donors (Lipinski definition) is 2. The molecular weight excluding hydrogens is 302 g/mol. The van der Waals surface area contributed by atoms with Gasteiger partial charge in [0.25, 0.3) is 0 Å². The van der Waals surface area contributed by atoms with Gasteiger partial charge in [-0.2, -0.15) is 0 Å². The van der Waals surface area contributed by atoms with Crippen LogP contribution in [0.2, 0.25) is 0 Å². The summed E-state index contributed by atoms with van der Waals surface area (Å²) in [6.07, 6.45) is 3.09. The molecule has 114 valence electrons. The Bertz CT molecular complexity index is 620. The van der Waals surface area contributed by atoms with E-state index in [9.17, 15) is 16.8 Å². The SMILES string of the molecule is CS(=O)(=O)c1ccc(S(=O)(=O)NCCCCCO)cc1. The predicted molar refractivity (Wildman–Crippen MR) is 75.7 cm³/mol. The molecule has 1 aromatic rings. The van der Waals surface area contributed by atoms with Gasteiger partial charge in [-0.15, -0.1) is 0 Å². The van der Waals surface area contributed by atoms with E-state index in [0.29, 0.717) is 12.8 Å². The molecule has 0 aliphatic carbocycles. The highest BCUT2D eigenvalue weighted by Gasteiger charge is 2.14. The summed E-state index contributed by atoms with van der Waals surface area (Å²) in [6, 6.07) is 5.09. The van der Waals surface area contributed by atoms with E-state index in [1.54, 1.807) is 0 Å². The number of hydrogen-bond acceptors (Lipinski definition) is 5. The first kappa shape index (κ1) is 17.1. The molecule has 0 saturated carbocycles. The third-order valence-electron chi connectivity index (χ3n) is 2.69. The van der Waals surface area contributed by atoms with Crippen LogP contribution in [0.4, 0.5) is 0 Å². The van der Waals surface area contributed by atoms with E-state index in [1.165, 1.54) is 24.3 Å². The molecule has 0 amide bonds. The van der Waals surface area contributed by atoms with Gasteiger partial charge in [0.2, 0.25) is 10.0 Å². The number of aliphatic hydroxyl groups excluding tert-OH is 1.